The zero-order valence-corrected chi connectivity index (χ0v) is 11.4. The Bertz CT molecular complexity index is 429. The van der Waals surface area contributed by atoms with E-state index < -0.39 is 0 Å². The van der Waals surface area contributed by atoms with Gasteiger partial charge in [0.25, 0.3) is 16.3 Å². The fraction of sp³-hybridized carbons (Fsp3) is 0.111. The average Bonchev–Trinajstić information content (AvgIpc) is 2.55. The zero-order valence-electron chi connectivity index (χ0n) is 7.73. The first kappa shape index (κ1) is 10.3. The van der Waals surface area contributed by atoms with Crippen molar-refractivity contribution < 1.29 is 8.78 Å². The first-order valence-corrected chi connectivity index (χ1v) is 6.73. The molecule has 2 aromatic heterocycles. The summed E-state index contributed by atoms with van der Waals surface area (Å²) in [5, 5.41) is 0. The van der Waals surface area contributed by atoms with Crippen molar-refractivity contribution in [2.24, 2.45) is 0 Å². The van der Waals surface area contributed by atoms with Crippen molar-refractivity contribution in [1.82, 2.24) is 0 Å². The minimum absolute atomic E-state index is 0.291. The van der Waals surface area contributed by atoms with Gasteiger partial charge < -0.3 is 0 Å². The van der Waals surface area contributed by atoms with Crippen LogP contribution in [0.25, 0.3) is 9.75 Å². The predicted octanol–water partition coefficient (Wildman–Crippen LogP) is 2.32. The fourth-order valence-electron chi connectivity index (χ4n) is 1.28. The van der Waals surface area contributed by atoms with Gasteiger partial charge in [-0.25, -0.2) is 8.78 Å². The van der Waals surface area contributed by atoms with Gasteiger partial charge in [-0.3, -0.25) is 0 Å². The van der Waals surface area contributed by atoms with Crippen LogP contribution in [-0.2, 0) is 0 Å². The van der Waals surface area contributed by atoms with Crippen LogP contribution in [0, 0.1) is 18.6 Å². The Balaban J connectivity index is 2.59. The number of aryl methyl sites for hydroxylation is 1. The van der Waals surface area contributed by atoms with E-state index in [1.165, 1.54) is 34.8 Å². The van der Waals surface area contributed by atoms with Gasteiger partial charge >= 0.3 is 0 Å². The highest BCUT2D eigenvalue weighted by molar-refractivity contribution is 7.26. The molecule has 0 radical (unpaired) electrons. The van der Waals surface area contributed by atoms with Gasteiger partial charge in [0.15, 0.2) is 0 Å². The number of rotatable bonds is 1. The van der Waals surface area contributed by atoms with Gasteiger partial charge in [-0.15, -0.1) is 11.3 Å². The summed E-state index contributed by atoms with van der Waals surface area (Å²) in [6.45, 7) is 1.82. The van der Waals surface area contributed by atoms with E-state index in [2.05, 4.69) is 0 Å². The summed E-state index contributed by atoms with van der Waals surface area (Å²) in [5.74, 6) is -0.601. The van der Waals surface area contributed by atoms with E-state index in [1.807, 2.05) is 6.92 Å². The highest BCUT2D eigenvalue weighted by Gasteiger charge is 2.15. The molecule has 0 bridgehead atoms. The molecule has 0 aliphatic carbocycles. The first-order valence-electron chi connectivity index (χ1n) is 4.10. The van der Waals surface area contributed by atoms with E-state index in [9.17, 15) is 8.78 Å². The molecule has 0 nitrogen and oxygen atoms in total. The normalized spacial score (nSPS) is 10.8. The Hall–Kier alpha value is -0.208. The highest BCUT2D eigenvalue weighted by Crippen LogP contribution is 2.35. The predicted molar refractivity (Wildman–Crippen MR) is 60.5 cm³/mol. The van der Waals surface area contributed by atoms with E-state index >= 15 is 0 Å². The monoisotopic (exact) mass is 244 g/mol. The molecule has 0 unspecified atom stereocenters. The van der Waals surface area contributed by atoms with Crippen LogP contribution in [0.4, 0.5) is 8.78 Å². The summed E-state index contributed by atoms with van der Waals surface area (Å²) in [6.07, 6.45) is 0. The Morgan fingerprint density at radius 1 is 1.07 bits per heavy atom. The van der Waals surface area contributed by atoms with Crippen LogP contribution in [-0.4, -0.2) is 16.3 Å². The maximum absolute atomic E-state index is 13.4. The summed E-state index contributed by atoms with van der Waals surface area (Å²) in [4.78, 5) is 1.76. The maximum atomic E-state index is 13.4. The Morgan fingerprint density at radius 2 is 1.64 bits per heavy atom. The van der Waals surface area contributed by atoms with Crippen LogP contribution in [0.5, 0.6) is 0 Å². The molecule has 0 spiro atoms. The number of hydrogen-bond acceptors (Lipinski definition) is 2. The summed E-state index contributed by atoms with van der Waals surface area (Å²) >= 11 is 3.47. The minimum atomic E-state index is -0.310. The Kier molecular flexibility index (Phi) is 2.76. The lowest BCUT2D eigenvalue weighted by Crippen LogP contribution is -1.89. The Morgan fingerprint density at radius 3 is 2.07 bits per heavy atom. The molecule has 2 heterocycles. The van der Waals surface area contributed by atoms with Crippen molar-refractivity contribution in [2.45, 2.75) is 6.92 Å². The van der Waals surface area contributed by atoms with Crippen LogP contribution >= 0.6 is 22.7 Å². The third kappa shape index (κ3) is 1.78. The average molecular weight is 244 g/mol. The molecule has 0 saturated heterocycles. The van der Waals surface area contributed by atoms with Crippen molar-refractivity contribution >= 4 is 42.7 Å². The molecular weight excluding hydrogens is 237 g/mol. The van der Waals surface area contributed by atoms with Crippen LogP contribution in [0.1, 0.15) is 4.88 Å². The van der Waals surface area contributed by atoms with Gasteiger partial charge in [-0.2, -0.15) is 11.3 Å². The van der Waals surface area contributed by atoms with Crippen LogP contribution in [0.2, 0.25) is 0 Å². The van der Waals surface area contributed by atoms with Gasteiger partial charge in [0.1, 0.15) is 11.6 Å². The van der Waals surface area contributed by atoms with Gasteiger partial charge in [0.2, 0.25) is 0 Å². The zero-order chi connectivity index (χ0) is 10.3. The lowest BCUT2D eigenvalue weighted by Gasteiger charge is -1.91. The number of hydrogen-bond donors (Lipinski definition) is 0. The van der Waals surface area contributed by atoms with Gasteiger partial charge in [-0.1, -0.05) is 3.74 Å². The van der Waals surface area contributed by atoms with Crippen LogP contribution in [0.15, 0.2) is 12.1 Å². The molecule has 0 amide bonds. The summed E-state index contributed by atoms with van der Waals surface area (Å²) in [7, 11) is 0. The van der Waals surface area contributed by atoms with Gasteiger partial charge in [0.05, 0.1) is 9.75 Å². The molecule has 0 aliphatic rings. The van der Waals surface area contributed by atoms with Crippen LogP contribution < -0.4 is 3.74 Å². The third-order valence-electron chi connectivity index (χ3n) is 1.83. The van der Waals surface area contributed by atoms with Crippen molar-refractivity contribution in [3.63, 3.8) is 0 Å². The lowest BCUT2D eigenvalue weighted by molar-refractivity contribution is 0.624. The second-order valence-corrected chi connectivity index (χ2v) is 7.38. The molecule has 2 aromatic rings. The van der Waals surface area contributed by atoms with Crippen molar-refractivity contribution in [2.75, 3.05) is 0 Å². The summed E-state index contributed by atoms with van der Waals surface area (Å²) in [6, 6.07) is 2.95. The first-order chi connectivity index (χ1) is 6.58. The second kappa shape index (κ2) is 3.75. The molecule has 2 rings (SSSR count). The molecule has 0 atom stereocenters. The molecule has 72 valence electrons. The fourth-order valence-corrected chi connectivity index (χ4v) is 4.05. The molecule has 0 fully saturated rings. The molecule has 5 heteroatoms. The lowest BCUT2D eigenvalue weighted by atomic mass is 10.3. The number of thiophene rings is 2. The maximum Gasteiger partial charge on any atom is 0.275 e. The topological polar surface area (TPSA) is 0 Å². The Labute approximate surface area is 96.6 Å². The standard InChI is InChI=1S/C9H5F2S2.Al.2H/c1-5-4-7(11)9(13-5)8-6(10)2-3-12-8;;;/h2,4H,1H3;;;. The molecule has 14 heavy (non-hydrogen) atoms. The van der Waals surface area contributed by atoms with E-state index in [4.69, 9.17) is 0 Å². The van der Waals surface area contributed by atoms with Gasteiger partial charge in [0, 0.05) is 4.88 Å². The highest BCUT2D eigenvalue weighted by atomic mass is 32.1. The summed E-state index contributed by atoms with van der Waals surface area (Å²) < 4.78 is 27.7. The van der Waals surface area contributed by atoms with E-state index in [1.54, 1.807) is 0 Å². The molecular formula is C9H7AlF2S2. The molecule has 0 aromatic carbocycles. The largest absolute Gasteiger partial charge is 0.275 e. The minimum Gasteiger partial charge on any atom is -0.205 e. The molecule has 0 N–H and O–H groups in total. The van der Waals surface area contributed by atoms with Crippen molar-refractivity contribution in [1.29, 1.82) is 0 Å². The summed E-state index contributed by atoms with van der Waals surface area (Å²) in [5.41, 5.74) is 0. The SMILES string of the molecule is Cc1cc(F)c(-c2s[c]([AlH2])cc2F)s1. The van der Waals surface area contributed by atoms with E-state index in [0.29, 0.717) is 9.75 Å². The third-order valence-corrected chi connectivity index (χ3v) is 4.94. The van der Waals surface area contributed by atoms with Crippen molar-refractivity contribution in [3.05, 3.63) is 28.6 Å². The number of halogens is 2. The molecule has 0 saturated carbocycles. The quantitative estimate of drug-likeness (QED) is 0.675. The van der Waals surface area contributed by atoms with Crippen LogP contribution in [0.3, 0.4) is 0 Å². The van der Waals surface area contributed by atoms with E-state index in [-0.39, 0.29) is 11.6 Å². The van der Waals surface area contributed by atoms with E-state index in [0.717, 1.165) is 24.9 Å². The molecule has 0 aliphatic heterocycles. The smallest absolute Gasteiger partial charge is 0.205 e. The van der Waals surface area contributed by atoms with Gasteiger partial charge in [-0.05, 0) is 19.1 Å². The second-order valence-electron chi connectivity index (χ2n) is 3.07. The van der Waals surface area contributed by atoms with Crippen molar-refractivity contribution in [3.8, 4) is 9.75 Å².